The number of nitrogens with one attached hydrogen (secondary N) is 2. The minimum Gasteiger partial charge on any atom is -0.354 e. The first-order chi connectivity index (χ1) is 13.1. The molecular formula is C18H22N8O. The number of aryl methyl sites for hydroxylation is 1. The summed E-state index contributed by atoms with van der Waals surface area (Å²) in [6, 6.07) is 2.03. The molecule has 0 bridgehead atoms. The van der Waals surface area contributed by atoms with Crippen LogP contribution in [0.4, 0.5) is 5.82 Å². The minimum absolute atomic E-state index is 0.00471. The summed E-state index contributed by atoms with van der Waals surface area (Å²) in [5, 5.41) is 7.75. The Morgan fingerprint density at radius 1 is 1.26 bits per heavy atom. The maximum Gasteiger partial charge on any atom is 0.213 e. The number of aromatic nitrogens is 6. The fourth-order valence-electron chi connectivity index (χ4n) is 4.02. The Morgan fingerprint density at radius 3 is 2.93 bits per heavy atom. The number of carbonyl (C=O) groups is 1. The lowest BCUT2D eigenvalue weighted by Gasteiger charge is -2.25. The summed E-state index contributed by atoms with van der Waals surface area (Å²) in [6.45, 7) is 5.70. The van der Waals surface area contributed by atoms with Crippen molar-refractivity contribution in [2.75, 3.05) is 37.6 Å². The van der Waals surface area contributed by atoms with E-state index < -0.39 is 0 Å². The third kappa shape index (κ3) is 3.08. The Kier molecular flexibility index (Phi) is 3.71. The number of nitrogens with zero attached hydrogens (tertiary/aromatic N) is 6. The molecule has 0 unspecified atom stereocenters. The van der Waals surface area contributed by atoms with Crippen molar-refractivity contribution in [2.45, 2.75) is 19.8 Å². The third-order valence-electron chi connectivity index (χ3n) is 5.59. The highest BCUT2D eigenvalue weighted by molar-refractivity contribution is 5.94. The van der Waals surface area contributed by atoms with E-state index in [4.69, 9.17) is 0 Å². The molecule has 0 aromatic carbocycles. The van der Waals surface area contributed by atoms with E-state index in [1.54, 1.807) is 13.3 Å². The molecular weight excluding hydrogens is 344 g/mol. The van der Waals surface area contributed by atoms with Gasteiger partial charge in [-0.05, 0) is 25.8 Å². The fourth-order valence-corrected chi connectivity index (χ4v) is 4.02. The SMILES string of the molecule is Cc1n[nH]c(C(=O)CN2CCN(c3ncnc4[nH]ccc34)CC3(CC3)C2)n1. The van der Waals surface area contributed by atoms with E-state index in [-0.39, 0.29) is 11.2 Å². The van der Waals surface area contributed by atoms with Crippen LogP contribution in [0.5, 0.6) is 0 Å². The molecule has 2 fully saturated rings. The standard InChI is InChI=1S/C18H22N8O/c1-12-22-16(24-23-12)14(27)8-25-6-7-26(10-18(9-25)3-4-18)17-13-2-5-19-15(13)20-11-21-17/h2,5,11H,3-4,6-10H2,1H3,(H,19,20,21)(H,22,23,24). The number of hydrogen-bond donors (Lipinski definition) is 2. The van der Waals surface area contributed by atoms with Crippen LogP contribution in [0.3, 0.4) is 0 Å². The van der Waals surface area contributed by atoms with E-state index >= 15 is 0 Å². The van der Waals surface area contributed by atoms with Crippen molar-refractivity contribution in [1.82, 2.24) is 35.0 Å². The third-order valence-corrected chi connectivity index (χ3v) is 5.59. The quantitative estimate of drug-likeness (QED) is 0.668. The van der Waals surface area contributed by atoms with Gasteiger partial charge in [0.1, 0.15) is 23.6 Å². The monoisotopic (exact) mass is 366 g/mol. The largest absolute Gasteiger partial charge is 0.354 e. The zero-order valence-corrected chi connectivity index (χ0v) is 15.3. The number of fused-ring (bicyclic) bond motifs is 1. The van der Waals surface area contributed by atoms with Crippen LogP contribution in [0.15, 0.2) is 18.6 Å². The number of hydrogen-bond acceptors (Lipinski definition) is 7. The molecule has 1 saturated carbocycles. The summed E-state index contributed by atoms with van der Waals surface area (Å²) >= 11 is 0. The Morgan fingerprint density at radius 2 is 2.15 bits per heavy atom. The lowest BCUT2D eigenvalue weighted by atomic mass is 10.1. The van der Waals surface area contributed by atoms with E-state index in [9.17, 15) is 4.79 Å². The predicted octanol–water partition coefficient (Wildman–Crippen LogP) is 1.17. The van der Waals surface area contributed by atoms with Gasteiger partial charge in [-0.25, -0.2) is 15.0 Å². The van der Waals surface area contributed by atoms with E-state index in [1.807, 2.05) is 12.3 Å². The van der Waals surface area contributed by atoms with Crippen LogP contribution >= 0.6 is 0 Å². The van der Waals surface area contributed by atoms with Gasteiger partial charge >= 0.3 is 0 Å². The van der Waals surface area contributed by atoms with Gasteiger partial charge < -0.3 is 9.88 Å². The van der Waals surface area contributed by atoms with Crippen LogP contribution in [0.2, 0.25) is 0 Å². The van der Waals surface area contributed by atoms with Gasteiger partial charge in [0.2, 0.25) is 5.78 Å². The zero-order valence-electron chi connectivity index (χ0n) is 15.3. The molecule has 1 saturated heterocycles. The summed E-state index contributed by atoms with van der Waals surface area (Å²) in [6.07, 6.45) is 5.90. The zero-order chi connectivity index (χ0) is 18.4. The summed E-state index contributed by atoms with van der Waals surface area (Å²) in [4.78, 5) is 33.3. The summed E-state index contributed by atoms with van der Waals surface area (Å²) in [5.41, 5.74) is 1.11. The van der Waals surface area contributed by atoms with Crippen molar-refractivity contribution in [3.8, 4) is 0 Å². The van der Waals surface area contributed by atoms with Crippen molar-refractivity contribution >= 4 is 22.6 Å². The lowest BCUT2D eigenvalue weighted by molar-refractivity contribution is 0.0914. The molecule has 9 nitrogen and oxygen atoms in total. The molecule has 3 aromatic heterocycles. The summed E-state index contributed by atoms with van der Waals surface area (Å²) in [5.74, 6) is 1.92. The topological polar surface area (TPSA) is 107 Å². The average Bonchev–Trinajstić information content (AvgIpc) is 3.07. The van der Waals surface area contributed by atoms with Crippen LogP contribution in [-0.2, 0) is 0 Å². The van der Waals surface area contributed by atoms with Gasteiger partial charge in [0.25, 0.3) is 0 Å². The number of Topliss-reactive ketones (excluding diaryl/α,β-unsaturated/α-hetero) is 1. The molecule has 2 aliphatic rings. The van der Waals surface area contributed by atoms with Gasteiger partial charge in [0.05, 0.1) is 11.9 Å². The van der Waals surface area contributed by atoms with E-state index in [1.165, 1.54) is 12.8 Å². The van der Waals surface area contributed by atoms with Gasteiger partial charge in [0, 0.05) is 37.8 Å². The van der Waals surface area contributed by atoms with Crippen molar-refractivity contribution in [2.24, 2.45) is 5.41 Å². The highest BCUT2D eigenvalue weighted by Crippen LogP contribution is 2.48. The number of aromatic amines is 2. The second-order valence-corrected chi connectivity index (χ2v) is 7.72. The van der Waals surface area contributed by atoms with E-state index in [0.29, 0.717) is 18.2 Å². The Hall–Kier alpha value is -2.81. The highest BCUT2D eigenvalue weighted by Gasteiger charge is 2.47. The van der Waals surface area contributed by atoms with E-state index in [2.05, 4.69) is 39.9 Å². The number of anilines is 1. The molecule has 5 rings (SSSR count). The normalized spacial score (nSPS) is 19.5. The first-order valence-corrected chi connectivity index (χ1v) is 9.30. The van der Waals surface area contributed by atoms with Crippen molar-refractivity contribution in [3.05, 3.63) is 30.2 Å². The average molecular weight is 366 g/mol. The Balaban J connectivity index is 1.36. The molecule has 27 heavy (non-hydrogen) atoms. The number of rotatable bonds is 4. The van der Waals surface area contributed by atoms with Crippen molar-refractivity contribution in [1.29, 1.82) is 0 Å². The second kappa shape index (κ2) is 6.12. The van der Waals surface area contributed by atoms with Crippen molar-refractivity contribution in [3.63, 3.8) is 0 Å². The van der Waals surface area contributed by atoms with Crippen LogP contribution in [0.1, 0.15) is 29.3 Å². The molecule has 1 spiro atoms. The van der Waals surface area contributed by atoms with Crippen LogP contribution < -0.4 is 4.90 Å². The molecule has 140 valence electrons. The highest BCUT2D eigenvalue weighted by atomic mass is 16.1. The molecule has 0 atom stereocenters. The van der Waals surface area contributed by atoms with Gasteiger partial charge in [-0.15, -0.1) is 0 Å². The van der Waals surface area contributed by atoms with Gasteiger partial charge in [-0.2, -0.15) is 5.10 Å². The van der Waals surface area contributed by atoms with Gasteiger partial charge in [-0.3, -0.25) is 14.8 Å². The molecule has 1 aliphatic heterocycles. The predicted molar refractivity (Wildman–Crippen MR) is 99.7 cm³/mol. The molecule has 0 amide bonds. The molecule has 0 radical (unpaired) electrons. The maximum atomic E-state index is 12.5. The van der Waals surface area contributed by atoms with Crippen LogP contribution in [-0.4, -0.2) is 73.5 Å². The second-order valence-electron chi connectivity index (χ2n) is 7.72. The molecule has 9 heteroatoms. The number of carbonyl (C=O) groups excluding carboxylic acids is 1. The molecule has 3 aromatic rings. The smallest absolute Gasteiger partial charge is 0.213 e. The molecule has 2 N–H and O–H groups in total. The Labute approximate surface area is 156 Å². The first-order valence-electron chi connectivity index (χ1n) is 9.30. The minimum atomic E-state index is -0.00471. The van der Waals surface area contributed by atoms with Crippen LogP contribution in [0.25, 0.3) is 11.0 Å². The number of ketones is 1. The number of H-pyrrole nitrogens is 2. The van der Waals surface area contributed by atoms with Crippen molar-refractivity contribution < 1.29 is 4.79 Å². The Bertz CT molecular complexity index is 988. The summed E-state index contributed by atoms with van der Waals surface area (Å²) < 4.78 is 0. The van der Waals surface area contributed by atoms with Gasteiger partial charge in [-0.1, -0.05) is 0 Å². The van der Waals surface area contributed by atoms with E-state index in [0.717, 1.165) is 43.0 Å². The summed E-state index contributed by atoms with van der Waals surface area (Å²) in [7, 11) is 0. The molecule has 4 heterocycles. The first kappa shape index (κ1) is 16.4. The maximum absolute atomic E-state index is 12.5. The molecule has 1 aliphatic carbocycles. The lowest BCUT2D eigenvalue weighted by Crippen LogP contribution is -2.35. The van der Waals surface area contributed by atoms with Crippen LogP contribution in [0, 0.1) is 12.3 Å². The fraction of sp³-hybridized carbons (Fsp3) is 0.500. The van der Waals surface area contributed by atoms with Gasteiger partial charge in [0.15, 0.2) is 5.82 Å².